The fourth-order valence-electron chi connectivity index (χ4n) is 1.40. The minimum Gasteiger partial charge on any atom is -0.325 e. The molecule has 1 fully saturated rings. The number of nitrogens with one attached hydrogen (secondary N) is 2. The second-order valence-corrected chi connectivity index (χ2v) is 4.91. The van der Waals surface area contributed by atoms with Gasteiger partial charge in [-0.25, -0.2) is 0 Å². The van der Waals surface area contributed by atoms with Crippen LogP contribution in [0, 0.1) is 0 Å². The summed E-state index contributed by atoms with van der Waals surface area (Å²) in [5.41, 5.74) is 0.967. The van der Waals surface area contributed by atoms with Crippen molar-refractivity contribution in [3.8, 4) is 0 Å². The highest BCUT2D eigenvalue weighted by Gasteiger charge is 2.36. The van der Waals surface area contributed by atoms with Crippen molar-refractivity contribution in [2.24, 2.45) is 0 Å². The Morgan fingerprint density at radius 2 is 2.00 bits per heavy atom. The molecule has 0 aromatic heterocycles. The molecule has 3 nitrogen and oxygen atoms in total. The lowest BCUT2D eigenvalue weighted by atomic mass is 10.3. The van der Waals surface area contributed by atoms with Gasteiger partial charge in [0.25, 0.3) is 0 Å². The van der Waals surface area contributed by atoms with Crippen LogP contribution in [-0.2, 0) is 4.79 Å². The highest BCUT2D eigenvalue weighted by molar-refractivity contribution is 6.30. The minimum atomic E-state index is -0.0181. The summed E-state index contributed by atoms with van der Waals surface area (Å²) >= 11 is 5.75. The minimum absolute atomic E-state index is 0.0181. The van der Waals surface area contributed by atoms with Gasteiger partial charge in [-0.1, -0.05) is 11.6 Å². The van der Waals surface area contributed by atoms with Gasteiger partial charge in [-0.05, 0) is 44.0 Å². The number of anilines is 1. The zero-order valence-electron chi connectivity index (χ0n) is 9.22. The van der Waals surface area contributed by atoms with E-state index in [1.54, 1.807) is 24.3 Å². The number of carbonyl (C=O) groups excluding carboxylic acids is 1. The summed E-state index contributed by atoms with van der Waals surface area (Å²) in [5.74, 6) is -0.0181. The number of amides is 1. The first-order valence-corrected chi connectivity index (χ1v) is 5.76. The van der Waals surface area contributed by atoms with Crippen molar-refractivity contribution in [2.45, 2.75) is 25.3 Å². The van der Waals surface area contributed by atoms with Gasteiger partial charge in [0.1, 0.15) is 0 Å². The molecule has 1 aromatic carbocycles. The van der Waals surface area contributed by atoms with E-state index in [9.17, 15) is 4.79 Å². The van der Waals surface area contributed by atoms with Crippen molar-refractivity contribution in [3.05, 3.63) is 29.3 Å². The maximum absolute atomic E-state index is 11.6. The molecule has 0 saturated heterocycles. The summed E-state index contributed by atoms with van der Waals surface area (Å²) in [5, 5.41) is 6.70. The average Bonchev–Trinajstić information content (AvgIpc) is 2.98. The lowest BCUT2D eigenvalue weighted by Crippen LogP contribution is -2.35. The Kier molecular flexibility index (Phi) is 3.17. The molecule has 0 atom stereocenters. The van der Waals surface area contributed by atoms with Crippen molar-refractivity contribution in [1.82, 2.24) is 5.32 Å². The maximum atomic E-state index is 11.6. The van der Waals surface area contributed by atoms with Crippen LogP contribution in [0.4, 0.5) is 5.69 Å². The van der Waals surface area contributed by atoms with Crippen molar-refractivity contribution < 1.29 is 4.79 Å². The Balaban J connectivity index is 1.80. The van der Waals surface area contributed by atoms with E-state index in [0.717, 1.165) is 18.5 Å². The standard InChI is InChI=1S/C12H15ClN2O/c1-12(6-7-12)14-8-11(16)15-10-4-2-9(13)3-5-10/h2-5,14H,6-8H2,1H3,(H,15,16). The van der Waals surface area contributed by atoms with Crippen LogP contribution in [0.25, 0.3) is 0 Å². The SMILES string of the molecule is CC1(NCC(=O)Nc2ccc(Cl)cc2)CC1. The van der Waals surface area contributed by atoms with Crippen LogP contribution in [-0.4, -0.2) is 18.0 Å². The highest BCUT2D eigenvalue weighted by Crippen LogP contribution is 2.33. The first kappa shape index (κ1) is 11.4. The largest absolute Gasteiger partial charge is 0.325 e. The van der Waals surface area contributed by atoms with Crippen LogP contribution >= 0.6 is 11.6 Å². The van der Waals surface area contributed by atoms with Crippen LogP contribution < -0.4 is 10.6 Å². The fraction of sp³-hybridized carbons (Fsp3) is 0.417. The normalized spacial score (nSPS) is 16.9. The van der Waals surface area contributed by atoms with E-state index in [2.05, 4.69) is 17.6 Å². The zero-order valence-corrected chi connectivity index (χ0v) is 9.97. The molecule has 0 radical (unpaired) electrons. The highest BCUT2D eigenvalue weighted by atomic mass is 35.5. The van der Waals surface area contributed by atoms with Crippen molar-refractivity contribution in [2.75, 3.05) is 11.9 Å². The van der Waals surface area contributed by atoms with Gasteiger partial charge in [0.15, 0.2) is 0 Å². The topological polar surface area (TPSA) is 41.1 Å². The van der Waals surface area contributed by atoms with Crippen LogP contribution in [0.15, 0.2) is 24.3 Å². The molecule has 1 aliphatic rings. The molecule has 2 rings (SSSR count). The molecule has 0 heterocycles. The van der Waals surface area contributed by atoms with E-state index in [1.807, 2.05) is 0 Å². The molecule has 1 saturated carbocycles. The van der Waals surface area contributed by atoms with E-state index in [1.165, 1.54) is 0 Å². The molecule has 1 amide bonds. The fourth-order valence-corrected chi connectivity index (χ4v) is 1.52. The second-order valence-electron chi connectivity index (χ2n) is 4.47. The van der Waals surface area contributed by atoms with Gasteiger partial charge in [0.05, 0.1) is 6.54 Å². The molecule has 86 valence electrons. The third-order valence-electron chi connectivity index (χ3n) is 2.80. The number of hydrogen-bond acceptors (Lipinski definition) is 2. The zero-order chi connectivity index (χ0) is 11.6. The summed E-state index contributed by atoms with van der Waals surface area (Å²) in [4.78, 5) is 11.6. The second kappa shape index (κ2) is 4.44. The lowest BCUT2D eigenvalue weighted by Gasteiger charge is -2.11. The Labute approximate surface area is 100 Å². The molecule has 0 aliphatic heterocycles. The smallest absolute Gasteiger partial charge is 0.238 e. The van der Waals surface area contributed by atoms with E-state index in [0.29, 0.717) is 11.6 Å². The summed E-state index contributed by atoms with van der Waals surface area (Å²) in [6.07, 6.45) is 2.31. The van der Waals surface area contributed by atoms with E-state index in [-0.39, 0.29) is 11.4 Å². The average molecular weight is 239 g/mol. The number of benzene rings is 1. The van der Waals surface area contributed by atoms with E-state index < -0.39 is 0 Å². The van der Waals surface area contributed by atoms with E-state index in [4.69, 9.17) is 11.6 Å². The third-order valence-corrected chi connectivity index (χ3v) is 3.06. The molecule has 0 spiro atoms. The Morgan fingerprint density at radius 3 is 2.56 bits per heavy atom. The van der Waals surface area contributed by atoms with Crippen LogP contribution in [0.2, 0.25) is 5.02 Å². The van der Waals surface area contributed by atoms with Crippen molar-refractivity contribution in [3.63, 3.8) is 0 Å². The molecule has 1 aliphatic carbocycles. The van der Waals surface area contributed by atoms with Gasteiger partial charge in [-0.3, -0.25) is 4.79 Å². The number of halogens is 1. The van der Waals surface area contributed by atoms with Gasteiger partial charge in [-0.15, -0.1) is 0 Å². The maximum Gasteiger partial charge on any atom is 0.238 e. The molecule has 2 N–H and O–H groups in total. The van der Waals surface area contributed by atoms with Crippen LogP contribution in [0.5, 0.6) is 0 Å². The molecular weight excluding hydrogens is 224 g/mol. The molecule has 16 heavy (non-hydrogen) atoms. The van der Waals surface area contributed by atoms with Gasteiger partial charge in [0.2, 0.25) is 5.91 Å². The number of carbonyl (C=O) groups is 1. The molecular formula is C12H15ClN2O. The predicted molar refractivity (Wildman–Crippen MR) is 65.7 cm³/mol. The van der Waals surface area contributed by atoms with Crippen LogP contribution in [0.1, 0.15) is 19.8 Å². The van der Waals surface area contributed by atoms with Gasteiger partial charge >= 0.3 is 0 Å². The predicted octanol–water partition coefficient (Wildman–Crippen LogP) is 2.42. The summed E-state index contributed by atoms with van der Waals surface area (Å²) in [6, 6.07) is 7.09. The first-order valence-electron chi connectivity index (χ1n) is 5.38. The molecule has 0 bridgehead atoms. The Bertz CT molecular complexity index is 385. The number of rotatable bonds is 4. The molecule has 4 heteroatoms. The molecule has 1 aromatic rings. The Morgan fingerprint density at radius 1 is 1.38 bits per heavy atom. The summed E-state index contributed by atoms with van der Waals surface area (Å²) < 4.78 is 0. The summed E-state index contributed by atoms with van der Waals surface area (Å²) in [7, 11) is 0. The van der Waals surface area contributed by atoms with Crippen LogP contribution in [0.3, 0.4) is 0 Å². The summed E-state index contributed by atoms with van der Waals surface area (Å²) in [6.45, 7) is 2.49. The third kappa shape index (κ3) is 3.22. The first-order chi connectivity index (χ1) is 7.57. The Hall–Kier alpha value is -1.06. The van der Waals surface area contributed by atoms with Crippen molar-refractivity contribution in [1.29, 1.82) is 0 Å². The van der Waals surface area contributed by atoms with Gasteiger partial charge in [-0.2, -0.15) is 0 Å². The monoisotopic (exact) mass is 238 g/mol. The quantitative estimate of drug-likeness (QED) is 0.846. The van der Waals surface area contributed by atoms with Gasteiger partial charge in [0, 0.05) is 16.2 Å². The number of hydrogen-bond donors (Lipinski definition) is 2. The van der Waals surface area contributed by atoms with Crippen molar-refractivity contribution >= 4 is 23.2 Å². The van der Waals surface area contributed by atoms with E-state index >= 15 is 0 Å². The van der Waals surface area contributed by atoms with Gasteiger partial charge < -0.3 is 10.6 Å². The lowest BCUT2D eigenvalue weighted by molar-refractivity contribution is -0.115. The molecule has 0 unspecified atom stereocenters.